The molecule has 2 aromatic carbocycles. The fourth-order valence-corrected chi connectivity index (χ4v) is 6.15. The summed E-state index contributed by atoms with van der Waals surface area (Å²) >= 11 is 5.14. The first kappa shape index (κ1) is 23.1. The fraction of sp³-hybridized carbons (Fsp3) is 0.296. The summed E-state index contributed by atoms with van der Waals surface area (Å²) in [5.74, 6) is 0.871. The van der Waals surface area contributed by atoms with Crippen molar-refractivity contribution in [3.05, 3.63) is 96.9 Å². The lowest BCUT2D eigenvalue weighted by Crippen LogP contribution is -2.37. The highest BCUT2D eigenvalue weighted by molar-refractivity contribution is 9.10. The molecular formula is C27H26BrN3O2S. The Labute approximate surface area is 211 Å². The van der Waals surface area contributed by atoms with Gasteiger partial charge in [-0.1, -0.05) is 89.6 Å². The van der Waals surface area contributed by atoms with Gasteiger partial charge in [-0.15, -0.1) is 0 Å². The van der Waals surface area contributed by atoms with Crippen molar-refractivity contribution >= 4 is 39.3 Å². The lowest BCUT2D eigenvalue weighted by molar-refractivity contribution is -0.118. The Morgan fingerprint density at radius 3 is 2.56 bits per heavy atom. The molecule has 1 aromatic heterocycles. The Kier molecular flexibility index (Phi) is 6.02. The largest absolute Gasteiger partial charge is 0.343 e. The molecule has 0 fully saturated rings. The second kappa shape index (κ2) is 8.86. The van der Waals surface area contributed by atoms with E-state index in [1.165, 1.54) is 22.9 Å². The molecule has 1 unspecified atom stereocenters. The number of ketones is 1. The smallest absolute Gasteiger partial charge is 0.257 e. The first-order chi connectivity index (χ1) is 16.2. The van der Waals surface area contributed by atoms with E-state index in [0.29, 0.717) is 34.3 Å². The van der Waals surface area contributed by atoms with Crippen molar-refractivity contribution in [1.29, 1.82) is 0 Å². The Hall–Kier alpha value is -2.64. The third kappa shape index (κ3) is 4.39. The maximum Gasteiger partial charge on any atom is 0.257 e. The van der Waals surface area contributed by atoms with Crippen LogP contribution in [0.15, 0.2) is 74.2 Å². The molecule has 2 N–H and O–H groups in total. The van der Waals surface area contributed by atoms with Crippen LogP contribution < -0.4 is 10.9 Å². The number of fused-ring (bicyclic) bond motifs is 1. The monoisotopic (exact) mass is 535 g/mol. The molecule has 3 aromatic rings. The number of hydrogen-bond acceptors (Lipinski definition) is 5. The number of aromatic nitrogens is 2. The summed E-state index contributed by atoms with van der Waals surface area (Å²) in [4.78, 5) is 34.6. The highest BCUT2D eigenvalue weighted by Gasteiger charge is 2.42. The van der Waals surface area contributed by atoms with Crippen LogP contribution in [0, 0.1) is 12.3 Å². The number of carbonyl (C=O) groups is 1. The van der Waals surface area contributed by atoms with Gasteiger partial charge in [0, 0.05) is 33.8 Å². The highest BCUT2D eigenvalue weighted by Crippen LogP contribution is 2.48. The zero-order valence-corrected chi connectivity index (χ0v) is 21.8. The van der Waals surface area contributed by atoms with Crippen LogP contribution in [0.4, 0.5) is 5.82 Å². The summed E-state index contributed by atoms with van der Waals surface area (Å²) in [6, 6.07) is 16.1. The molecule has 34 heavy (non-hydrogen) atoms. The van der Waals surface area contributed by atoms with Crippen LogP contribution in [0.2, 0.25) is 0 Å². The molecule has 2 aliphatic rings. The number of thioether (sulfide) groups is 1. The Morgan fingerprint density at radius 1 is 1.09 bits per heavy atom. The molecule has 1 atom stereocenters. The van der Waals surface area contributed by atoms with Crippen molar-refractivity contribution in [2.75, 3.05) is 5.32 Å². The number of aryl methyl sites for hydroxylation is 1. The summed E-state index contributed by atoms with van der Waals surface area (Å²) in [5, 5.41) is 3.95. The summed E-state index contributed by atoms with van der Waals surface area (Å²) < 4.78 is 0.870. The van der Waals surface area contributed by atoms with Gasteiger partial charge in [0.15, 0.2) is 10.9 Å². The van der Waals surface area contributed by atoms with E-state index in [9.17, 15) is 9.59 Å². The molecule has 0 saturated heterocycles. The number of nitrogens with one attached hydrogen (secondary N) is 2. The molecule has 0 bridgehead atoms. The van der Waals surface area contributed by atoms with Gasteiger partial charge in [-0.3, -0.25) is 9.59 Å². The minimum atomic E-state index is -0.460. The second-order valence-corrected chi connectivity index (χ2v) is 11.6. The number of halogens is 1. The maximum atomic E-state index is 13.4. The van der Waals surface area contributed by atoms with Crippen LogP contribution in [0.1, 0.15) is 54.9 Å². The normalized spacial score (nSPS) is 18.8. The topological polar surface area (TPSA) is 74.8 Å². The summed E-state index contributed by atoms with van der Waals surface area (Å²) in [7, 11) is 0. The second-order valence-electron chi connectivity index (χ2n) is 9.82. The predicted octanol–water partition coefficient (Wildman–Crippen LogP) is 6.33. The molecule has 2 heterocycles. The van der Waals surface area contributed by atoms with Crippen LogP contribution in [0.5, 0.6) is 0 Å². The number of rotatable bonds is 4. The van der Waals surface area contributed by atoms with Crippen LogP contribution in [0.3, 0.4) is 0 Å². The Bertz CT molecular complexity index is 1380. The summed E-state index contributed by atoms with van der Waals surface area (Å²) in [5.41, 5.74) is 4.98. The molecule has 1 aliphatic heterocycles. The molecule has 174 valence electrons. The van der Waals surface area contributed by atoms with E-state index in [2.05, 4.69) is 71.3 Å². The van der Waals surface area contributed by atoms with E-state index in [1.807, 2.05) is 24.3 Å². The van der Waals surface area contributed by atoms with Crippen molar-refractivity contribution in [1.82, 2.24) is 9.97 Å². The predicted molar refractivity (Wildman–Crippen MR) is 140 cm³/mol. The number of aromatic amines is 1. The first-order valence-corrected chi connectivity index (χ1v) is 13.1. The number of allylic oxidation sites excluding steroid dienone is 2. The summed E-state index contributed by atoms with van der Waals surface area (Å²) in [6.07, 6.45) is 1.19. The number of benzene rings is 2. The Morgan fingerprint density at radius 2 is 1.82 bits per heavy atom. The van der Waals surface area contributed by atoms with E-state index in [1.54, 1.807) is 0 Å². The number of hydrogen-bond donors (Lipinski definition) is 2. The average Bonchev–Trinajstić information content (AvgIpc) is 2.77. The highest BCUT2D eigenvalue weighted by atomic mass is 79.9. The molecule has 5 nitrogen and oxygen atoms in total. The number of carbonyl (C=O) groups excluding carboxylic acids is 1. The van der Waals surface area contributed by atoms with Crippen LogP contribution >= 0.6 is 27.7 Å². The number of H-pyrrole nitrogens is 1. The van der Waals surface area contributed by atoms with Crippen molar-refractivity contribution < 1.29 is 4.79 Å². The third-order valence-electron chi connectivity index (χ3n) is 6.41. The van der Waals surface area contributed by atoms with Gasteiger partial charge in [0.05, 0.1) is 5.56 Å². The molecule has 0 spiro atoms. The molecule has 0 amide bonds. The minimum absolute atomic E-state index is 0.0855. The van der Waals surface area contributed by atoms with E-state index in [0.717, 1.165) is 22.2 Å². The van der Waals surface area contributed by atoms with E-state index >= 15 is 0 Å². The molecular weight excluding hydrogens is 510 g/mol. The van der Waals surface area contributed by atoms with Gasteiger partial charge in [0.25, 0.3) is 5.56 Å². The fourth-order valence-electron chi connectivity index (χ4n) is 4.82. The lowest BCUT2D eigenvalue weighted by atomic mass is 9.69. The van der Waals surface area contributed by atoms with Crippen LogP contribution in [-0.4, -0.2) is 15.8 Å². The molecule has 1 aliphatic carbocycles. The average molecular weight is 536 g/mol. The standard InChI is InChI=1S/C27H26BrN3O2S/c1-15-8-10-16(11-9-15)14-34-26-30-24-23(25(33)31-26)21(17-6-4-5-7-18(17)28)22-19(29-24)12-27(2,3)13-20(22)32/h4-11,21H,12-14H2,1-3H3,(H2,29,30,31,33). The maximum absolute atomic E-state index is 13.4. The van der Waals surface area contributed by atoms with Gasteiger partial charge in [0.1, 0.15) is 5.82 Å². The van der Waals surface area contributed by atoms with Crippen LogP contribution in [-0.2, 0) is 10.5 Å². The number of anilines is 1. The van der Waals surface area contributed by atoms with Crippen LogP contribution in [0.25, 0.3) is 0 Å². The van der Waals surface area contributed by atoms with Gasteiger partial charge in [0.2, 0.25) is 0 Å². The molecule has 5 rings (SSSR count). The Balaban J connectivity index is 1.59. The van der Waals surface area contributed by atoms with Gasteiger partial charge < -0.3 is 10.3 Å². The zero-order chi connectivity index (χ0) is 24.0. The zero-order valence-electron chi connectivity index (χ0n) is 19.4. The minimum Gasteiger partial charge on any atom is -0.343 e. The van der Waals surface area contributed by atoms with Gasteiger partial charge in [-0.2, -0.15) is 0 Å². The van der Waals surface area contributed by atoms with Crippen molar-refractivity contribution in [2.24, 2.45) is 5.41 Å². The van der Waals surface area contributed by atoms with Crippen molar-refractivity contribution in [3.63, 3.8) is 0 Å². The molecule has 0 saturated carbocycles. The van der Waals surface area contributed by atoms with E-state index < -0.39 is 5.92 Å². The van der Waals surface area contributed by atoms with Gasteiger partial charge >= 0.3 is 0 Å². The number of nitrogens with zero attached hydrogens (tertiary/aromatic N) is 1. The van der Waals surface area contributed by atoms with Crippen molar-refractivity contribution in [3.8, 4) is 0 Å². The van der Waals surface area contributed by atoms with E-state index in [-0.39, 0.29) is 16.8 Å². The van der Waals surface area contributed by atoms with E-state index in [4.69, 9.17) is 4.98 Å². The summed E-state index contributed by atoms with van der Waals surface area (Å²) in [6.45, 7) is 6.27. The number of Topliss-reactive ketones (excluding diaryl/α,β-unsaturated/α-hetero) is 1. The molecule has 0 radical (unpaired) electrons. The quantitative estimate of drug-likeness (QED) is 0.301. The van der Waals surface area contributed by atoms with Gasteiger partial charge in [-0.05, 0) is 36.0 Å². The lowest BCUT2D eigenvalue weighted by Gasteiger charge is -2.38. The first-order valence-electron chi connectivity index (χ1n) is 11.3. The van der Waals surface area contributed by atoms with Crippen molar-refractivity contribution in [2.45, 2.75) is 50.4 Å². The third-order valence-corrected chi connectivity index (χ3v) is 8.08. The molecule has 7 heteroatoms. The SMILES string of the molecule is Cc1ccc(CSc2nc3c(c(=O)[nH]2)C(c2ccccc2Br)C2=C(CC(C)(C)CC2=O)N3)cc1. The van der Waals surface area contributed by atoms with Gasteiger partial charge in [-0.25, -0.2) is 4.98 Å².